The number of benzene rings is 1. The zero-order valence-electron chi connectivity index (χ0n) is 21.5. The van der Waals surface area contributed by atoms with Crippen LogP contribution in [0, 0.1) is 5.92 Å². The van der Waals surface area contributed by atoms with E-state index in [9.17, 15) is 9.90 Å². The van der Waals surface area contributed by atoms with Crippen LogP contribution in [0.5, 0.6) is 0 Å². The number of ether oxygens (including phenoxy) is 1. The van der Waals surface area contributed by atoms with Crippen molar-refractivity contribution in [3.8, 4) is 0 Å². The number of nitrogens with zero attached hydrogens (tertiary/aromatic N) is 1. The summed E-state index contributed by atoms with van der Waals surface area (Å²) in [6.45, 7) is 16.6. The van der Waals surface area contributed by atoms with Crippen LogP contribution in [-0.2, 0) is 15.8 Å². The van der Waals surface area contributed by atoms with Gasteiger partial charge < -0.3 is 53.5 Å². The third-order valence-electron chi connectivity index (χ3n) is 6.69. The predicted molar refractivity (Wildman–Crippen MR) is 133 cm³/mol. The smallest absolute Gasteiger partial charge is 1.00 e. The van der Waals surface area contributed by atoms with Crippen LogP contribution in [0.4, 0.5) is 4.79 Å². The Bertz CT molecular complexity index is 746. The van der Waals surface area contributed by atoms with Gasteiger partial charge in [-0.2, -0.15) is 0 Å². The second-order valence-corrected chi connectivity index (χ2v) is 14.9. The van der Waals surface area contributed by atoms with Crippen molar-refractivity contribution in [2.45, 2.75) is 83.3 Å². The van der Waals surface area contributed by atoms with Crippen molar-refractivity contribution >= 4 is 60.5 Å². The normalized spacial score (nSPS) is 16.0. The van der Waals surface area contributed by atoms with Crippen molar-refractivity contribution in [2.75, 3.05) is 6.61 Å². The van der Waals surface area contributed by atoms with Crippen molar-refractivity contribution in [1.82, 2.24) is 0 Å². The minimum atomic E-state index is -2.13. The molecule has 5 nitrogen and oxygen atoms in total. The topological polar surface area (TPSA) is 72.7 Å². The number of carbonyl (C=O) groups excluding carboxylic acids is 1. The molecular formula is C24H37Br2Mg2NO4Si. The summed E-state index contributed by atoms with van der Waals surface area (Å²) in [5.74, 6) is 0.00532. The Balaban J connectivity index is -0.00000240. The predicted octanol–water partition coefficient (Wildman–Crippen LogP) is -1.19. The van der Waals surface area contributed by atoms with Gasteiger partial charge in [-0.25, -0.2) is 0 Å². The van der Waals surface area contributed by atoms with E-state index >= 15 is 0 Å². The summed E-state index contributed by atoms with van der Waals surface area (Å²) in [4.78, 5) is 12.7. The standard InChI is InChI=1S/C24H38NO4Si.2BrH.2Mg/c1-18(2)21(26)24(20-14-11-15-20,17-29-30(6,7)23(3,4)5)25-22(27)28-16-19-12-9-8-10-13-19;;;;/h8-10,12-13,20-21H,1,11,14-17H2,2-7H3,(H,25,27);2*1H;;/q-1;;;2*+2/p-3/t21-,24-;;;;/m1..../s1. The van der Waals surface area contributed by atoms with Crippen molar-refractivity contribution in [2.24, 2.45) is 5.92 Å². The number of rotatable bonds is 9. The Morgan fingerprint density at radius 1 is 1.18 bits per heavy atom. The molecule has 1 saturated carbocycles. The van der Waals surface area contributed by atoms with Gasteiger partial charge in [0, 0.05) is 6.61 Å². The first-order valence-electron chi connectivity index (χ1n) is 10.8. The van der Waals surface area contributed by atoms with Crippen LogP contribution in [0.3, 0.4) is 0 Å². The third-order valence-corrected chi connectivity index (χ3v) is 11.2. The minimum absolute atomic E-state index is 0. The van der Waals surface area contributed by atoms with E-state index in [1.807, 2.05) is 30.3 Å². The molecule has 1 aromatic carbocycles. The first-order valence-corrected chi connectivity index (χ1v) is 13.7. The van der Waals surface area contributed by atoms with Crippen LogP contribution in [0.25, 0.3) is 5.32 Å². The van der Waals surface area contributed by atoms with E-state index in [1.165, 1.54) is 0 Å². The molecule has 1 aromatic rings. The van der Waals surface area contributed by atoms with Crippen LogP contribution in [0.15, 0.2) is 42.5 Å². The first kappa shape index (κ1) is 39.4. The maximum absolute atomic E-state index is 13.4. The number of hydrogen-bond donors (Lipinski definition) is 0. The Kier molecular flexibility index (Phi) is 19.3. The largest absolute Gasteiger partial charge is 2.00 e. The summed E-state index contributed by atoms with van der Waals surface area (Å²) in [7, 11) is -2.13. The van der Waals surface area contributed by atoms with Crippen molar-refractivity contribution in [3.05, 3.63) is 53.4 Å². The molecule has 184 valence electrons. The van der Waals surface area contributed by atoms with Gasteiger partial charge in [0.15, 0.2) is 8.32 Å². The van der Waals surface area contributed by atoms with Crippen molar-refractivity contribution in [3.63, 3.8) is 0 Å². The van der Waals surface area contributed by atoms with Crippen LogP contribution >= 0.6 is 0 Å². The first-order chi connectivity index (χ1) is 13.9. The van der Waals surface area contributed by atoms with Crippen LogP contribution in [0.1, 0.15) is 52.5 Å². The van der Waals surface area contributed by atoms with Crippen LogP contribution < -0.4 is 39.1 Å². The fraction of sp³-hybridized carbons (Fsp3) is 0.625. The zero-order chi connectivity index (χ0) is 22.6. The second-order valence-electron chi connectivity index (χ2n) is 10.0. The Hall–Kier alpha value is 0.859. The molecule has 0 N–H and O–H groups in total. The van der Waals surface area contributed by atoms with E-state index in [0.717, 1.165) is 24.8 Å². The van der Waals surface area contributed by atoms with Gasteiger partial charge in [-0.3, -0.25) is 4.79 Å². The molecule has 0 bridgehead atoms. The fourth-order valence-electron chi connectivity index (χ4n) is 3.36. The average molecular weight is 640 g/mol. The third kappa shape index (κ3) is 10.3. The monoisotopic (exact) mass is 637 g/mol. The summed E-state index contributed by atoms with van der Waals surface area (Å²) in [6.07, 6.45) is 0.845. The van der Waals surface area contributed by atoms with E-state index in [1.54, 1.807) is 6.92 Å². The molecule has 34 heavy (non-hydrogen) atoms. The van der Waals surface area contributed by atoms with Gasteiger partial charge in [0.25, 0.3) is 0 Å². The molecule has 2 rings (SSSR count). The van der Waals surface area contributed by atoms with E-state index in [4.69, 9.17) is 9.16 Å². The Morgan fingerprint density at radius 2 is 1.71 bits per heavy atom. The van der Waals surface area contributed by atoms with Gasteiger partial charge in [0.05, 0.1) is 0 Å². The number of amides is 1. The zero-order valence-corrected chi connectivity index (χ0v) is 28.5. The van der Waals surface area contributed by atoms with Gasteiger partial charge in [0.1, 0.15) is 6.61 Å². The summed E-state index contributed by atoms with van der Waals surface area (Å²) < 4.78 is 11.9. The average Bonchev–Trinajstić information content (AvgIpc) is 2.62. The summed E-state index contributed by atoms with van der Waals surface area (Å²) in [5.41, 5.74) is 0.180. The molecule has 0 radical (unpaired) electrons. The Labute approximate surface area is 260 Å². The van der Waals surface area contributed by atoms with Gasteiger partial charge in [-0.05, 0) is 30.6 Å². The molecule has 10 heteroatoms. The van der Waals surface area contributed by atoms with E-state index in [2.05, 4.69) is 45.8 Å². The van der Waals surface area contributed by atoms with Gasteiger partial charge in [-0.1, -0.05) is 87.4 Å². The van der Waals surface area contributed by atoms with Gasteiger partial charge in [-0.15, -0.1) is 12.7 Å². The molecular weight excluding hydrogens is 603 g/mol. The molecule has 0 aliphatic heterocycles. The van der Waals surface area contributed by atoms with E-state index in [-0.39, 0.29) is 104 Å². The molecule has 0 heterocycles. The van der Waals surface area contributed by atoms with Crippen LogP contribution in [0.2, 0.25) is 18.1 Å². The van der Waals surface area contributed by atoms with Gasteiger partial charge in [0.2, 0.25) is 6.09 Å². The quantitative estimate of drug-likeness (QED) is 0.252. The minimum Gasteiger partial charge on any atom is -1.00 e. The van der Waals surface area contributed by atoms with E-state index < -0.39 is 26.1 Å². The number of halogens is 2. The summed E-state index contributed by atoms with van der Waals surface area (Å²) >= 11 is 0. The number of hydrogen-bond acceptors (Lipinski definition) is 4. The maximum Gasteiger partial charge on any atom is 2.00 e. The summed E-state index contributed by atoms with van der Waals surface area (Å²) in [6, 6.07) is 9.46. The molecule has 2 atom stereocenters. The summed E-state index contributed by atoms with van der Waals surface area (Å²) in [5, 5.41) is 17.8. The second kappa shape index (κ2) is 16.6. The molecule has 1 amide bonds. The molecule has 1 fully saturated rings. The van der Waals surface area contributed by atoms with E-state index in [0.29, 0.717) is 5.57 Å². The molecule has 1 aliphatic rings. The van der Waals surface area contributed by atoms with Crippen LogP contribution in [-0.4, -0.2) is 78.8 Å². The van der Waals surface area contributed by atoms with Crippen molar-refractivity contribution < 1.29 is 53.0 Å². The molecule has 0 aromatic heterocycles. The number of carbonyl (C=O) groups is 1. The molecule has 1 aliphatic carbocycles. The van der Waals surface area contributed by atoms with Gasteiger partial charge >= 0.3 is 46.1 Å². The maximum atomic E-state index is 13.4. The molecule has 0 saturated heterocycles. The Morgan fingerprint density at radius 3 is 2.12 bits per heavy atom. The fourth-order valence-corrected chi connectivity index (χ4v) is 4.38. The molecule has 0 unspecified atom stereocenters. The molecule has 0 spiro atoms. The van der Waals surface area contributed by atoms with Crippen molar-refractivity contribution in [1.29, 1.82) is 0 Å². The SMILES string of the molecule is C=C(C)[C@@H]([O-])[C@](CO[Si](C)(C)C(C)(C)C)([N-]C(=O)OCc1ccccc1)C1CCC1.[Br-].[Br-].[Mg+2].[Mg+2].